The van der Waals surface area contributed by atoms with Crippen molar-refractivity contribution >= 4 is 27.4 Å². The van der Waals surface area contributed by atoms with Crippen LogP contribution in [0.3, 0.4) is 0 Å². The standard InChI is InChI=1S/C21H24ClNO3S/c22-20-13-12-19(27(25,26)23-14-5-2-6-15-23)16-18(20)10-7-11-21(24)17-8-3-1-4-9-17/h1,3-4,8-9,12-13,16H,2,5-7,10-11,14-15H2. The van der Waals surface area contributed by atoms with Crippen LogP contribution >= 0.6 is 11.6 Å². The predicted molar refractivity (Wildman–Crippen MR) is 108 cm³/mol. The molecule has 27 heavy (non-hydrogen) atoms. The van der Waals surface area contributed by atoms with E-state index in [-0.39, 0.29) is 10.7 Å². The molecule has 144 valence electrons. The predicted octanol–water partition coefficient (Wildman–Crippen LogP) is 4.72. The summed E-state index contributed by atoms with van der Waals surface area (Å²) >= 11 is 6.27. The van der Waals surface area contributed by atoms with Crippen molar-refractivity contribution in [2.24, 2.45) is 0 Å². The zero-order valence-corrected chi connectivity index (χ0v) is 16.8. The number of hydrogen-bond donors (Lipinski definition) is 0. The van der Waals surface area contributed by atoms with Gasteiger partial charge in [-0.25, -0.2) is 8.42 Å². The molecular formula is C21H24ClNO3S. The normalized spacial score (nSPS) is 15.6. The fraction of sp³-hybridized carbons (Fsp3) is 0.381. The molecule has 0 bridgehead atoms. The SMILES string of the molecule is O=C(CCCc1cc(S(=O)(=O)N2CCCCC2)ccc1Cl)c1ccccc1. The lowest BCUT2D eigenvalue weighted by atomic mass is 10.0. The molecule has 4 nitrogen and oxygen atoms in total. The Kier molecular flexibility index (Phi) is 6.68. The summed E-state index contributed by atoms with van der Waals surface area (Å²) in [4.78, 5) is 12.5. The zero-order valence-electron chi connectivity index (χ0n) is 15.2. The fourth-order valence-corrected chi connectivity index (χ4v) is 5.15. The third kappa shape index (κ3) is 4.98. The number of aryl methyl sites for hydroxylation is 1. The van der Waals surface area contributed by atoms with Crippen molar-refractivity contribution < 1.29 is 13.2 Å². The van der Waals surface area contributed by atoms with E-state index in [2.05, 4.69) is 0 Å². The van der Waals surface area contributed by atoms with Crippen molar-refractivity contribution in [3.05, 3.63) is 64.7 Å². The number of piperidine rings is 1. The van der Waals surface area contributed by atoms with E-state index in [1.54, 1.807) is 34.6 Å². The van der Waals surface area contributed by atoms with Gasteiger partial charge in [0.15, 0.2) is 5.78 Å². The Balaban J connectivity index is 1.67. The number of carbonyl (C=O) groups is 1. The molecule has 0 atom stereocenters. The van der Waals surface area contributed by atoms with Gasteiger partial charge in [0.25, 0.3) is 0 Å². The van der Waals surface area contributed by atoms with E-state index in [4.69, 9.17) is 11.6 Å². The maximum atomic E-state index is 12.8. The van der Waals surface area contributed by atoms with Crippen molar-refractivity contribution in [1.29, 1.82) is 0 Å². The summed E-state index contributed by atoms with van der Waals surface area (Å²) in [5, 5.41) is 0.541. The van der Waals surface area contributed by atoms with Gasteiger partial charge in [-0.05, 0) is 49.4 Å². The van der Waals surface area contributed by atoms with Gasteiger partial charge in [0.1, 0.15) is 0 Å². The maximum absolute atomic E-state index is 12.8. The molecule has 0 radical (unpaired) electrons. The van der Waals surface area contributed by atoms with Gasteiger partial charge in [-0.2, -0.15) is 4.31 Å². The Hall–Kier alpha value is -1.69. The number of ketones is 1. The summed E-state index contributed by atoms with van der Waals surface area (Å²) in [6.07, 6.45) is 4.49. The minimum Gasteiger partial charge on any atom is -0.294 e. The molecule has 0 aromatic heterocycles. The Bertz CT molecular complexity index is 891. The van der Waals surface area contributed by atoms with Crippen LogP contribution in [0.1, 0.15) is 48.0 Å². The first-order valence-corrected chi connectivity index (χ1v) is 11.2. The van der Waals surface area contributed by atoms with Gasteiger partial charge in [-0.1, -0.05) is 48.4 Å². The molecule has 1 fully saturated rings. The first kappa shape index (κ1) is 20.1. The topological polar surface area (TPSA) is 54.5 Å². The molecule has 0 unspecified atom stereocenters. The van der Waals surface area contributed by atoms with Crippen LogP contribution < -0.4 is 0 Å². The molecule has 0 amide bonds. The van der Waals surface area contributed by atoms with Gasteiger partial charge in [-0.3, -0.25) is 4.79 Å². The van der Waals surface area contributed by atoms with Crippen molar-refractivity contribution in [2.75, 3.05) is 13.1 Å². The van der Waals surface area contributed by atoms with Crippen molar-refractivity contribution in [3.63, 3.8) is 0 Å². The van der Waals surface area contributed by atoms with Gasteiger partial charge in [0.05, 0.1) is 4.90 Å². The molecule has 2 aromatic rings. The summed E-state index contributed by atoms with van der Waals surface area (Å²) in [5.74, 6) is 0.0869. The average molecular weight is 406 g/mol. The molecule has 0 N–H and O–H groups in total. The molecule has 3 rings (SSSR count). The highest BCUT2D eigenvalue weighted by Crippen LogP contribution is 2.26. The largest absolute Gasteiger partial charge is 0.294 e. The monoisotopic (exact) mass is 405 g/mol. The number of Topliss-reactive ketones (excluding diaryl/α,β-unsaturated/α-hetero) is 1. The van der Waals surface area contributed by atoms with Crippen LogP contribution in [-0.4, -0.2) is 31.6 Å². The molecule has 6 heteroatoms. The van der Waals surface area contributed by atoms with Crippen LogP contribution in [0.4, 0.5) is 0 Å². The fourth-order valence-electron chi connectivity index (χ4n) is 3.37. The second-order valence-corrected chi connectivity index (χ2v) is 9.21. The van der Waals surface area contributed by atoms with Crippen molar-refractivity contribution in [2.45, 2.75) is 43.4 Å². The summed E-state index contributed by atoms with van der Waals surface area (Å²) in [6, 6.07) is 14.1. The van der Waals surface area contributed by atoms with Gasteiger partial charge in [0.2, 0.25) is 10.0 Å². The first-order valence-electron chi connectivity index (χ1n) is 9.35. The zero-order chi connectivity index (χ0) is 19.3. The van der Waals surface area contributed by atoms with Gasteiger partial charge in [-0.15, -0.1) is 0 Å². The Morgan fingerprint density at radius 2 is 1.70 bits per heavy atom. The molecule has 0 aliphatic carbocycles. The van der Waals surface area contributed by atoms with E-state index in [0.29, 0.717) is 42.9 Å². The lowest BCUT2D eigenvalue weighted by molar-refractivity contribution is 0.0980. The molecule has 0 spiro atoms. The third-order valence-electron chi connectivity index (χ3n) is 4.92. The van der Waals surface area contributed by atoms with E-state index in [1.165, 1.54) is 0 Å². The molecule has 1 aliphatic rings. The lowest BCUT2D eigenvalue weighted by Crippen LogP contribution is -2.35. The van der Waals surface area contributed by atoms with Crippen LogP contribution in [0.15, 0.2) is 53.4 Å². The number of benzene rings is 2. The summed E-state index contributed by atoms with van der Waals surface area (Å²) in [6.45, 7) is 1.15. The molecule has 0 saturated carbocycles. The highest BCUT2D eigenvalue weighted by Gasteiger charge is 2.26. The quantitative estimate of drug-likeness (QED) is 0.626. The number of rotatable bonds is 7. The smallest absolute Gasteiger partial charge is 0.243 e. The molecular weight excluding hydrogens is 382 g/mol. The number of halogens is 1. The van der Waals surface area contributed by atoms with E-state index in [0.717, 1.165) is 24.8 Å². The summed E-state index contributed by atoms with van der Waals surface area (Å²) in [7, 11) is -3.48. The minimum atomic E-state index is -3.48. The van der Waals surface area contributed by atoms with Gasteiger partial charge < -0.3 is 0 Å². The second-order valence-electron chi connectivity index (χ2n) is 6.86. The Morgan fingerprint density at radius 3 is 2.41 bits per heavy atom. The van der Waals surface area contributed by atoms with Crippen LogP contribution in [0, 0.1) is 0 Å². The van der Waals surface area contributed by atoms with E-state index in [9.17, 15) is 13.2 Å². The van der Waals surface area contributed by atoms with E-state index >= 15 is 0 Å². The van der Waals surface area contributed by atoms with Gasteiger partial charge in [0, 0.05) is 30.1 Å². The van der Waals surface area contributed by atoms with Crippen molar-refractivity contribution in [1.82, 2.24) is 4.31 Å². The van der Waals surface area contributed by atoms with Gasteiger partial charge >= 0.3 is 0 Å². The van der Waals surface area contributed by atoms with Crippen LogP contribution in [0.2, 0.25) is 5.02 Å². The number of hydrogen-bond acceptors (Lipinski definition) is 3. The Morgan fingerprint density at radius 1 is 1.00 bits per heavy atom. The third-order valence-corrected chi connectivity index (χ3v) is 7.18. The lowest BCUT2D eigenvalue weighted by Gasteiger charge is -2.26. The maximum Gasteiger partial charge on any atom is 0.243 e. The Labute approximate surface area is 166 Å². The van der Waals surface area contributed by atoms with Crippen molar-refractivity contribution in [3.8, 4) is 0 Å². The van der Waals surface area contributed by atoms with E-state index < -0.39 is 10.0 Å². The second kappa shape index (κ2) is 9.00. The number of nitrogens with zero attached hydrogens (tertiary/aromatic N) is 1. The first-order chi connectivity index (χ1) is 13.0. The highest BCUT2D eigenvalue weighted by molar-refractivity contribution is 7.89. The molecule has 1 aliphatic heterocycles. The highest BCUT2D eigenvalue weighted by atomic mass is 35.5. The number of sulfonamides is 1. The van der Waals surface area contributed by atoms with E-state index in [1.807, 2.05) is 18.2 Å². The molecule has 1 saturated heterocycles. The molecule has 1 heterocycles. The minimum absolute atomic E-state index is 0.0869. The number of carbonyl (C=O) groups excluding carboxylic acids is 1. The van der Waals surface area contributed by atoms with Crippen LogP contribution in [0.25, 0.3) is 0 Å². The summed E-state index contributed by atoms with van der Waals surface area (Å²) < 4.78 is 27.3. The average Bonchev–Trinajstić information content (AvgIpc) is 2.70. The molecule has 2 aromatic carbocycles. The summed E-state index contributed by atoms with van der Waals surface area (Å²) in [5.41, 5.74) is 1.47. The van der Waals surface area contributed by atoms with Crippen LogP contribution in [0.5, 0.6) is 0 Å². The van der Waals surface area contributed by atoms with Crippen LogP contribution in [-0.2, 0) is 16.4 Å².